The van der Waals surface area contributed by atoms with E-state index in [4.69, 9.17) is 0 Å². The van der Waals surface area contributed by atoms with Crippen molar-refractivity contribution in [1.29, 1.82) is 0 Å². The van der Waals surface area contributed by atoms with Gasteiger partial charge in [0.1, 0.15) is 18.2 Å². The number of nitrogens with one attached hydrogen (secondary N) is 2. The lowest BCUT2D eigenvalue weighted by Gasteiger charge is -2.23. The van der Waals surface area contributed by atoms with Gasteiger partial charge in [0.15, 0.2) is 0 Å². The van der Waals surface area contributed by atoms with Crippen molar-refractivity contribution in [1.82, 2.24) is 15.3 Å². The summed E-state index contributed by atoms with van der Waals surface area (Å²) < 4.78 is 0. The minimum absolute atomic E-state index is 0.0338. The molecular weight excluding hydrogens is 274 g/mol. The molecule has 8 nitrogen and oxygen atoms in total. The fourth-order valence-electron chi connectivity index (χ4n) is 2.35. The third-order valence-corrected chi connectivity index (χ3v) is 3.43. The van der Waals surface area contributed by atoms with Crippen LogP contribution in [-0.4, -0.2) is 33.4 Å². The number of benzene rings is 1. The maximum absolute atomic E-state index is 11.8. The van der Waals surface area contributed by atoms with Crippen LogP contribution in [0.3, 0.4) is 0 Å². The number of piperidine rings is 1. The first-order valence-electron chi connectivity index (χ1n) is 6.58. The second kappa shape index (κ2) is 5.31. The van der Waals surface area contributed by atoms with Gasteiger partial charge in [0.25, 0.3) is 5.69 Å². The number of rotatable bonds is 3. The van der Waals surface area contributed by atoms with E-state index in [0.29, 0.717) is 29.7 Å². The van der Waals surface area contributed by atoms with E-state index >= 15 is 0 Å². The molecule has 1 unspecified atom stereocenters. The molecule has 3 rings (SSSR count). The highest BCUT2D eigenvalue weighted by atomic mass is 16.6. The van der Waals surface area contributed by atoms with Gasteiger partial charge in [-0.05, 0) is 18.9 Å². The monoisotopic (exact) mass is 287 g/mol. The lowest BCUT2D eigenvalue weighted by molar-refractivity contribution is -0.384. The third-order valence-electron chi connectivity index (χ3n) is 3.43. The molecule has 1 amide bonds. The Hall–Kier alpha value is -2.77. The Kier molecular flexibility index (Phi) is 3.35. The van der Waals surface area contributed by atoms with Crippen LogP contribution in [0.1, 0.15) is 12.8 Å². The van der Waals surface area contributed by atoms with Crippen molar-refractivity contribution in [3.63, 3.8) is 0 Å². The second-order valence-corrected chi connectivity index (χ2v) is 4.81. The molecule has 1 saturated heterocycles. The maximum Gasteiger partial charge on any atom is 0.270 e. The Balaban J connectivity index is 1.99. The van der Waals surface area contributed by atoms with Crippen LogP contribution in [0.4, 0.5) is 11.5 Å². The predicted molar refractivity (Wildman–Crippen MR) is 75.8 cm³/mol. The molecule has 1 aromatic heterocycles. The normalized spacial score (nSPS) is 18.3. The van der Waals surface area contributed by atoms with Crippen molar-refractivity contribution in [3.8, 4) is 0 Å². The van der Waals surface area contributed by atoms with Gasteiger partial charge in [0, 0.05) is 24.1 Å². The molecule has 2 aromatic rings. The molecule has 2 heterocycles. The highest BCUT2D eigenvalue weighted by Crippen LogP contribution is 2.25. The number of anilines is 1. The molecule has 21 heavy (non-hydrogen) atoms. The van der Waals surface area contributed by atoms with Crippen LogP contribution < -0.4 is 10.6 Å². The smallest absolute Gasteiger partial charge is 0.270 e. The zero-order chi connectivity index (χ0) is 14.8. The zero-order valence-corrected chi connectivity index (χ0v) is 11.1. The standard InChI is InChI=1S/C13H13N5O3/c19-13-11(2-1-5-14-13)17-12-9-6-8(18(20)21)3-4-10(9)15-7-16-12/h3-4,6-7,11H,1-2,5H2,(H,14,19)(H,15,16,17). The fraction of sp³-hybridized carbons (Fsp3) is 0.308. The summed E-state index contributed by atoms with van der Waals surface area (Å²) in [5.74, 6) is 0.351. The number of aromatic nitrogens is 2. The molecule has 0 bridgehead atoms. The van der Waals surface area contributed by atoms with E-state index in [0.717, 1.165) is 6.42 Å². The maximum atomic E-state index is 11.8. The van der Waals surface area contributed by atoms with Gasteiger partial charge in [-0.2, -0.15) is 0 Å². The van der Waals surface area contributed by atoms with Crippen LogP contribution in [0.15, 0.2) is 24.5 Å². The molecule has 1 aromatic carbocycles. The average molecular weight is 287 g/mol. The highest BCUT2D eigenvalue weighted by molar-refractivity contribution is 5.93. The Bertz CT molecular complexity index is 718. The second-order valence-electron chi connectivity index (χ2n) is 4.81. The molecule has 0 aliphatic carbocycles. The number of nitro groups is 1. The average Bonchev–Trinajstić information content (AvgIpc) is 2.49. The number of non-ortho nitro benzene ring substituents is 1. The third kappa shape index (κ3) is 2.60. The van der Waals surface area contributed by atoms with Crippen LogP contribution in [-0.2, 0) is 4.79 Å². The summed E-state index contributed by atoms with van der Waals surface area (Å²) in [7, 11) is 0. The molecule has 8 heteroatoms. The van der Waals surface area contributed by atoms with Crippen molar-refractivity contribution in [2.24, 2.45) is 0 Å². The topological polar surface area (TPSA) is 110 Å². The van der Waals surface area contributed by atoms with Gasteiger partial charge in [-0.3, -0.25) is 14.9 Å². The Labute approximate surface area is 119 Å². The first kappa shape index (κ1) is 13.2. The molecule has 1 fully saturated rings. The summed E-state index contributed by atoms with van der Waals surface area (Å²) in [6.07, 6.45) is 2.95. The van der Waals surface area contributed by atoms with Crippen molar-refractivity contribution < 1.29 is 9.72 Å². The first-order valence-corrected chi connectivity index (χ1v) is 6.58. The molecule has 0 radical (unpaired) electrons. The summed E-state index contributed by atoms with van der Waals surface area (Å²) in [5, 5.41) is 17.2. The molecule has 108 valence electrons. The zero-order valence-electron chi connectivity index (χ0n) is 11.1. The highest BCUT2D eigenvalue weighted by Gasteiger charge is 2.23. The summed E-state index contributed by atoms with van der Waals surface area (Å²) in [5.41, 5.74) is 0.558. The molecule has 0 spiro atoms. The molecule has 1 atom stereocenters. The van der Waals surface area contributed by atoms with Gasteiger partial charge in [-0.1, -0.05) is 0 Å². The first-order chi connectivity index (χ1) is 10.1. The Morgan fingerprint density at radius 2 is 2.24 bits per heavy atom. The SMILES string of the molecule is O=C1NCCCC1Nc1ncnc2ccc([N+](=O)[O-])cc12. The number of nitro benzene ring substituents is 1. The summed E-state index contributed by atoms with van der Waals surface area (Å²) >= 11 is 0. The van der Waals surface area contributed by atoms with Crippen LogP contribution >= 0.6 is 0 Å². The number of fused-ring (bicyclic) bond motifs is 1. The molecule has 0 saturated carbocycles. The summed E-state index contributed by atoms with van der Waals surface area (Å²) in [4.78, 5) is 30.4. The lowest BCUT2D eigenvalue weighted by atomic mass is 10.1. The summed E-state index contributed by atoms with van der Waals surface area (Å²) in [6.45, 7) is 0.674. The fourth-order valence-corrected chi connectivity index (χ4v) is 2.35. The van der Waals surface area contributed by atoms with E-state index < -0.39 is 4.92 Å². The van der Waals surface area contributed by atoms with E-state index in [-0.39, 0.29) is 17.6 Å². The Morgan fingerprint density at radius 1 is 1.38 bits per heavy atom. The van der Waals surface area contributed by atoms with Gasteiger partial charge in [-0.25, -0.2) is 9.97 Å². The quantitative estimate of drug-likeness (QED) is 0.649. The van der Waals surface area contributed by atoms with Gasteiger partial charge < -0.3 is 10.6 Å². The number of hydrogen-bond acceptors (Lipinski definition) is 6. The number of hydrogen-bond donors (Lipinski definition) is 2. The number of amides is 1. The van der Waals surface area contributed by atoms with E-state index in [1.165, 1.54) is 18.5 Å². The van der Waals surface area contributed by atoms with Gasteiger partial charge in [0.05, 0.1) is 10.4 Å². The number of carbonyl (C=O) groups is 1. The number of carbonyl (C=O) groups excluding carboxylic acids is 1. The summed E-state index contributed by atoms with van der Waals surface area (Å²) in [6, 6.07) is 4.00. The van der Waals surface area contributed by atoms with Crippen LogP contribution in [0.5, 0.6) is 0 Å². The van der Waals surface area contributed by atoms with Crippen molar-refractivity contribution in [2.75, 3.05) is 11.9 Å². The molecule has 1 aliphatic heterocycles. The van der Waals surface area contributed by atoms with Gasteiger partial charge in [0.2, 0.25) is 5.91 Å². The van der Waals surface area contributed by atoms with Crippen molar-refractivity contribution in [2.45, 2.75) is 18.9 Å². The van der Waals surface area contributed by atoms with Gasteiger partial charge in [-0.15, -0.1) is 0 Å². The largest absolute Gasteiger partial charge is 0.358 e. The van der Waals surface area contributed by atoms with E-state index in [9.17, 15) is 14.9 Å². The van der Waals surface area contributed by atoms with E-state index in [1.807, 2.05) is 0 Å². The minimum atomic E-state index is -0.469. The van der Waals surface area contributed by atoms with Crippen molar-refractivity contribution in [3.05, 3.63) is 34.6 Å². The van der Waals surface area contributed by atoms with Crippen LogP contribution in [0.2, 0.25) is 0 Å². The molecule has 2 N–H and O–H groups in total. The minimum Gasteiger partial charge on any atom is -0.358 e. The van der Waals surface area contributed by atoms with E-state index in [2.05, 4.69) is 20.6 Å². The van der Waals surface area contributed by atoms with Gasteiger partial charge >= 0.3 is 0 Å². The van der Waals surface area contributed by atoms with Crippen LogP contribution in [0, 0.1) is 10.1 Å². The lowest BCUT2D eigenvalue weighted by Crippen LogP contribution is -2.44. The molecule has 1 aliphatic rings. The molecular formula is C13H13N5O3. The van der Waals surface area contributed by atoms with Crippen molar-refractivity contribution >= 4 is 28.3 Å². The Morgan fingerprint density at radius 3 is 3.00 bits per heavy atom. The number of nitrogens with zero attached hydrogens (tertiary/aromatic N) is 3. The predicted octanol–water partition coefficient (Wildman–Crippen LogP) is 1.23. The van der Waals surface area contributed by atoms with E-state index in [1.54, 1.807) is 6.07 Å². The van der Waals surface area contributed by atoms with Crippen LogP contribution in [0.25, 0.3) is 10.9 Å².